The van der Waals surface area contributed by atoms with Gasteiger partial charge in [-0.25, -0.2) is 0 Å². The molecule has 94 valence electrons. The minimum Gasteiger partial charge on any atom is -0.497 e. The molecule has 0 atom stereocenters. The van der Waals surface area contributed by atoms with Crippen LogP contribution in [0.4, 0.5) is 0 Å². The minimum absolute atomic E-state index is 0.0181. The Morgan fingerprint density at radius 2 is 1.89 bits per heavy atom. The molecule has 0 aromatic heterocycles. The number of ether oxygens (including phenoxy) is 1. The van der Waals surface area contributed by atoms with Crippen molar-refractivity contribution in [3.63, 3.8) is 0 Å². The van der Waals surface area contributed by atoms with Crippen LogP contribution in [0.25, 0.3) is 0 Å². The summed E-state index contributed by atoms with van der Waals surface area (Å²) < 4.78 is 5.04. The van der Waals surface area contributed by atoms with Crippen LogP contribution in [0.5, 0.6) is 5.75 Å². The van der Waals surface area contributed by atoms with Crippen molar-refractivity contribution in [2.24, 2.45) is 0 Å². The van der Waals surface area contributed by atoms with Crippen molar-refractivity contribution in [2.45, 2.75) is 26.2 Å². The minimum atomic E-state index is -0.0943. The summed E-state index contributed by atoms with van der Waals surface area (Å²) in [4.78, 5) is 21.9. The molecule has 18 heavy (non-hydrogen) atoms. The van der Waals surface area contributed by atoms with Crippen LogP contribution in [0, 0.1) is 11.8 Å². The lowest BCUT2D eigenvalue weighted by Crippen LogP contribution is -2.03. The van der Waals surface area contributed by atoms with Crippen LogP contribution in [-0.4, -0.2) is 18.7 Å². The van der Waals surface area contributed by atoms with Crippen LogP contribution in [0.15, 0.2) is 24.3 Å². The molecule has 0 bridgehead atoms. The van der Waals surface area contributed by atoms with Crippen molar-refractivity contribution in [2.75, 3.05) is 7.11 Å². The first-order valence-corrected chi connectivity index (χ1v) is 5.76. The summed E-state index contributed by atoms with van der Waals surface area (Å²) >= 11 is 0. The third-order valence-electron chi connectivity index (χ3n) is 2.30. The van der Waals surface area contributed by atoms with Crippen LogP contribution in [0.2, 0.25) is 0 Å². The molecular formula is C15H16O3. The van der Waals surface area contributed by atoms with Gasteiger partial charge in [0.05, 0.1) is 13.5 Å². The van der Waals surface area contributed by atoms with E-state index in [0.29, 0.717) is 12.8 Å². The monoisotopic (exact) mass is 244 g/mol. The van der Waals surface area contributed by atoms with Crippen LogP contribution in [0.3, 0.4) is 0 Å². The molecule has 0 N–H and O–H groups in total. The summed E-state index contributed by atoms with van der Waals surface area (Å²) in [6, 6.07) is 7.41. The van der Waals surface area contributed by atoms with E-state index in [1.165, 1.54) is 6.92 Å². The lowest BCUT2D eigenvalue weighted by Gasteiger charge is -1.97. The molecule has 1 aromatic rings. The fourth-order valence-corrected chi connectivity index (χ4v) is 1.41. The molecule has 0 fully saturated rings. The number of carbonyl (C=O) groups is 2. The van der Waals surface area contributed by atoms with E-state index in [0.717, 1.165) is 11.3 Å². The normalized spacial score (nSPS) is 9.22. The zero-order valence-corrected chi connectivity index (χ0v) is 10.7. The van der Waals surface area contributed by atoms with Gasteiger partial charge in [-0.1, -0.05) is 11.8 Å². The molecule has 0 amide bonds. The van der Waals surface area contributed by atoms with E-state index in [2.05, 4.69) is 11.8 Å². The summed E-state index contributed by atoms with van der Waals surface area (Å²) in [6.45, 7) is 1.42. The first-order valence-electron chi connectivity index (χ1n) is 5.76. The van der Waals surface area contributed by atoms with Gasteiger partial charge in [-0.3, -0.25) is 9.59 Å². The van der Waals surface area contributed by atoms with Gasteiger partial charge in [0.25, 0.3) is 0 Å². The van der Waals surface area contributed by atoms with Crippen molar-refractivity contribution in [1.29, 1.82) is 0 Å². The number of Topliss-reactive ketones (excluding diaryl/α,β-unsaturated/α-hetero) is 2. The second-order valence-corrected chi connectivity index (χ2v) is 3.95. The van der Waals surface area contributed by atoms with E-state index in [9.17, 15) is 9.59 Å². The van der Waals surface area contributed by atoms with E-state index in [-0.39, 0.29) is 18.0 Å². The Kier molecular flexibility index (Phi) is 5.66. The molecule has 0 aliphatic rings. The number of hydrogen-bond donors (Lipinski definition) is 0. The SMILES string of the molecule is COc1ccc(C#CCCC(=O)CC(C)=O)cc1. The highest BCUT2D eigenvalue weighted by molar-refractivity contribution is 5.97. The van der Waals surface area contributed by atoms with Gasteiger partial charge in [0, 0.05) is 18.4 Å². The van der Waals surface area contributed by atoms with E-state index in [4.69, 9.17) is 4.74 Å². The van der Waals surface area contributed by atoms with E-state index >= 15 is 0 Å². The van der Waals surface area contributed by atoms with Gasteiger partial charge in [-0.2, -0.15) is 0 Å². The second-order valence-electron chi connectivity index (χ2n) is 3.95. The summed E-state index contributed by atoms with van der Waals surface area (Å²) in [7, 11) is 1.61. The molecular weight excluding hydrogens is 228 g/mol. The number of rotatable bonds is 5. The third-order valence-corrected chi connectivity index (χ3v) is 2.30. The largest absolute Gasteiger partial charge is 0.497 e. The van der Waals surface area contributed by atoms with Crippen molar-refractivity contribution in [3.05, 3.63) is 29.8 Å². The number of benzene rings is 1. The van der Waals surface area contributed by atoms with Gasteiger partial charge in [0.15, 0.2) is 0 Å². The maximum Gasteiger partial charge on any atom is 0.141 e. The molecule has 0 radical (unpaired) electrons. The zero-order chi connectivity index (χ0) is 13.4. The highest BCUT2D eigenvalue weighted by Gasteiger charge is 2.03. The maximum atomic E-state index is 11.2. The molecule has 0 saturated heterocycles. The Balaban J connectivity index is 2.41. The second kappa shape index (κ2) is 7.29. The maximum absolute atomic E-state index is 11.2. The molecule has 1 rings (SSSR count). The van der Waals surface area contributed by atoms with Crippen molar-refractivity contribution in [3.8, 4) is 17.6 Å². The Bertz CT molecular complexity index is 475. The quantitative estimate of drug-likeness (QED) is 0.590. The molecule has 0 saturated carbocycles. The first-order chi connectivity index (χ1) is 8.61. The van der Waals surface area contributed by atoms with Crippen molar-refractivity contribution < 1.29 is 14.3 Å². The molecule has 3 nitrogen and oxygen atoms in total. The molecule has 0 aliphatic carbocycles. The Morgan fingerprint density at radius 1 is 1.22 bits per heavy atom. The Labute approximate surface area is 107 Å². The van der Waals surface area contributed by atoms with Gasteiger partial charge in [0.2, 0.25) is 0 Å². The van der Waals surface area contributed by atoms with Gasteiger partial charge in [-0.05, 0) is 31.2 Å². The van der Waals surface area contributed by atoms with Gasteiger partial charge >= 0.3 is 0 Å². The van der Waals surface area contributed by atoms with Gasteiger partial charge in [0.1, 0.15) is 17.3 Å². The highest BCUT2D eigenvalue weighted by Crippen LogP contribution is 2.10. The summed E-state index contributed by atoms with van der Waals surface area (Å²) in [5, 5.41) is 0. The first kappa shape index (κ1) is 14.0. The Hall–Kier alpha value is -2.08. The lowest BCUT2D eigenvalue weighted by atomic mass is 10.1. The predicted molar refractivity (Wildman–Crippen MR) is 69.4 cm³/mol. The average Bonchev–Trinajstić information content (AvgIpc) is 2.34. The van der Waals surface area contributed by atoms with E-state index in [1.54, 1.807) is 7.11 Å². The predicted octanol–water partition coefficient (Wildman–Crippen LogP) is 2.38. The number of hydrogen-bond acceptors (Lipinski definition) is 3. The van der Waals surface area contributed by atoms with Gasteiger partial charge < -0.3 is 4.74 Å². The Morgan fingerprint density at radius 3 is 2.44 bits per heavy atom. The fourth-order valence-electron chi connectivity index (χ4n) is 1.41. The van der Waals surface area contributed by atoms with Crippen LogP contribution >= 0.6 is 0 Å². The molecule has 3 heteroatoms. The van der Waals surface area contributed by atoms with Crippen LogP contribution in [-0.2, 0) is 9.59 Å². The van der Waals surface area contributed by atoms with Gasteiger partial charge in [-0.15, -0.1) is 0 Å². The summed E-state index contributed by atoms with van der Waals surface area (Å²) in [6.07, 6.45) is 0.838. The number of ketones is 2. The number of carbonyl (C=O) groups excluding carboxylic acids is 2. The standard InChI is InChI=1S/C15H16O3/c1-12(16)11-14(17)6-4-3-5-13-7-9-15(18-2)10-8-13/h7-10H,4,6,11H2,1-2H3. The average molecular weight is 244 g/mol. The number of methoxy groups -OCH3 is 1. The summed E-state index contributed by atoms with van der Waals surface area (Å²) in [5.41, 5.74) is 0.884. The summed E-state index contributed by atoms with van der Waals surface area (Å²) in [5.74, 6) is 6.53. The molecule has 1 aromatic carbocycles. The molecule has 0 spiro atoms. The van der Waals surface area contributed by atoms with Crippen molar-refractivity contribution in [1.82, 2.24) is 0 Å². The molecule has 0 aliphatic heterocycles. The van der Waals surface area contributed by atoms with Crippen molar-refractivity contribution >= 4 is 11.6 Å². The smallest absolute Gasteiger partial charge is 0.141 e. The third kappa shape index (κ3) is 5.31. The van der Waals surface area contributed by atoms with Crippen LogP contribution < -0.4 is 4.74 Å². The molecule has 0 heterocycles. The zero-order valence-electron chi connectivity index (χ0n) is 10.7. The highest BCUT2D eigenvalue weighted by atomic mass is 16.5. The van der Waals surface area contributed by atoms with E-state index in [1.807, 2.05) is 24.3 Å². The van der Waals surface area contributed by atoms with E-state index < -0.39 is 0 Å². The van der Waals surface area contributed by atoms with Crippen LogP contribution in [0.1, 0.15) is 31.7 Å². The fraction of sp³-hybridized carbons (Fsp3) is 0.333. The lowest BCUT2D eigenvalue weighted by molar-refractivity contribution is -0.125. The topological polar surface area (TPSA) is 43.4 Å². The molecule has 0 unspecified atom stereocenters.